The van der Waals surface area contributed by atoms with Crippen LogP contribution in [-0.4, -0.2) is 69.9 Å². The summed E-state index contributed by atoms with van der Waals surface area (Å²) in [6.07, 6.45) is 4.65. The summed E-state index contributed by atoms with van der Waals surface area (Å²) in [5.74, 6) is 1.01. The lowest BCUT2D eigenvalue weighted by molar-refractivity contribution is -0.111. The van der Waals surface area contributed by atoms with Crippen LogP contribution in [0.5, 0.6) is 5.75 Å². The molecule has 2 aromatic carbocycles. The smallest absolute Gasteiger partial charge is 0.247 e. The van der Waals surface area contributed by atoms with Crippen molar-refractivity contribution in [3.63, 3.8) is 0 Å². The van der Waals surface area contributed by atoms with Gasteiger partial charge in [0.05, 0.1) is 41.1 Å². The zero-order valence-corrected chi connectivity index (χ0v) is 22.8. The number of fused-ring (bicyclic) bond motifs is 1. The summed E-state index contributed by atoms with van der Waals surface area (Å²) < 4.78 is 7.90. The number of aryl methyl sites for hydroxylation is 1. The summed E-state index contributed by atoms with van der Waals surface area (Å²) in [7, 11) is 4.05. The Labute approximate surface area is 228 Å². The van der Waals surface area contributed by atoms with Crippen LogP contribution in [0.3, 0.4) is 0 Å². The molecule has 3 heterocycles. The zero-order valence-electron chi connectivity index (χ0n) is 22.8. The van der Waals surface area contributed by atoms with Crippen molar-refractivity contribution >= 4 is 39.7 Å². The second kappa shape index (κ2) is 11.1. The molecule has 0 aliphatic carbocycles. The van der Waals surface area contributed by atoms with Crippen LogP contribution in [0.15, 0.2) is 61.6 Å². The average molecular weight is 527 g/mol. The summed E-state index contributed by atoms with van der Waals surface area (Å²) in [5, 5.41) is 11.7. The van der Waals surface area contributed by atoms with Crippen molar-refractivity contribution in [2.24, 2.45) is 7.05 Å². The fourth-order valence-electron chi connectivity index (χ4n) is 4.80. The van der Waals surface area contributed by atoms with Gasteiger partial charge in [0.15, 0.2) is 0 Å². The van der Waals surface area contributed by atoms with Crippen LogP contribution in [0.1, 0.15) is 13.8 Å². The first-order valence-corrected chi connectivity index (χ1v) is 13.1. The molecule has 1 amide bonds. The third kappa shape index (κ3) is 5.56. The third-order valence-electron chi connectivity index (χ3n) is 7.11. The van der Waals surface area contributed by atoms with E-state index in [9.17, 15) is 4.79 Å². The van der Waals surface area contributed by atoms with Gasteiger partial charge in [0.1, 0.15) is 17.9 Å². The van der Waals surface area contributed by atoms with Crippen LogP contribution < -0.4 is 20.3 Å². The topological polar surface area (TPSA) is 100 Å². The molecule has 4 aromatic rings. The number of hydrogen-bond donors (Lipinski definition) is 2. The van der Waals surface area contributed by atoms with Gasteiger partial charge in [0, 0.05) is 55.8 Å². The third-order valence-corrected chi connectivity index (χ3v) is 7.11. The van der Waals surface area contributed by atoms with E-state index in [0.29, 0.717) is 35.6 Å². The van der Waals surface area contributed by atoms with Gasteiger partial charge in [0.25, 0.3) is 0 Å². The molecule has 1 aliphatic heterocycles. The van der Waals surface area contributed by atoms with Crippen molar-refractivity contribution < 1.29 is 9.53 Å². The number of amides is 1. The number of benzene rings is 2. The standard InChI is InChI=1S/C29H34N8O2/c1-6-29(38)34-23-13-24(27(39-7-2)15-26(23)37-11-10-35(4)19(3)17-37)33-28-14-22(30-18-31-28)20-8-9-25-21(12-20)16-32-36(25)5/h6,8-9,12-16,18-19H,1,7,10-11,17H2,2-5H3,(H,34,38)(H,30,31,33)/t19-/m0/s1. The Morgan fingerprint density at radius 3 is 2.77 bits per heavy atom. The van der Waals surface area contributed by atoms with Gasteiger partial charge in [-0.05, 0) is 45.2 Å². The average Bonchev–Trinajstić information content (AvgIpc) is 3.31. The fourth-order valence-corrected chi connectivity index (χ4v) is 4.80. The second-order valence-electron chi connectivity index (χ2n) is 9.72. The molecule has 1 fully saturated rings. The van der Waals surface area contributed by atoms with Gasteiger partial charge in [0.2, 0.25) is 5.91 Å². The van der Waals surface area contributed by atoms with E-state index in [4.69, 9.17) is 4.74 Å². The quantitative estimate of drug-likeness (QED) is 0.325. The Balaban J connectivity index is 1.50. The maximum absolute atomic E-state index is 12.4. The van der Waals surface area contributed by atoms with Gasteiger partial charge in [-0.15, -0.1) is 0 Å². The van der Waals surface area contributed by atoms with Gasteiger partial charge >= 0.3 is 0 Å². The molecule has 0 unspecified atom stereocenters. The minimum atomic E-state index is -0.274. The molecule has 0 radical (unpaired) electrons. The van der Waals surface area contributed by atoms with Gasteiger partial charge in [-0.25, -0.2) is 9.97 Å². The molecule has 39 heavy (non-hydrogen) atoms. The number of rotatable bonds is 8. The Hall–Kier alpha value is -4.44. The van der Waals surface area contributed by atoms with Crippen molar-refractivity contribution in [2.75, 3.05) is 48.8 Å². The molecule has 0 saturated carbocycles. The molecule has 1 saturated heterocycles. The van der Waals surface area contributed by atoms with Gasteiger partial charge in [-0.3, -0.25) is 9.48 Å². The number of nitrogens with one attached hydrogen (secondary N) is 2. The van der Waals surface area contributed by atoms with Gasteiger partial charge in [-0.2, -0.15) is 5.10 Å². The molecule has 1 aliphatic rings. The fraction of sp³-hybridized carbons (Fsp3) is 0.310. The van der Waals surface area contributed by atoms with Crippen LogP contribution >= 0.6 is 0 Å². The first-order chi connectivity index (χ1) is 18.9. The molecule has 0 spiro atoms. The molecule has 1 atom stereocenters. The number of aromatic nitrogens is 4. The number of piperazine rings is 1. The number of hydrogen-bond acceptors (Lipinski definition) is 8. The number of carbonyl (C=O) groups is 1. The van der Waals surface area contributed by atoms with Crippen LogP contribution in [0.2, 0.25) is 0 Å². The van der Waals surface area contributed by atoms with Crippen LogP contribution in [0.4, 0.5) is 22.9 Å². The normalized spacial score (nSPS) is 15.8. The summed E-state index contributed by atoms with van der Waals surface area (Å²) in [6.45, 7) is 10.9. The molecule has 0 bridgehead atoms. The van der Waals surface area contributed by atoms with Crippen LogP contribution in [-0.2, 0) is 11.8 Å². The molecule has 10 nitrogen and oxygen atoms in total. The number of nitrogens with zero attached hydrogens (tertiary/aromatic N) is 6. The molecule has 2 N–H and O–H groups in total. The van der Waals surface area contributed by atoms with E-state index in [1.165, 1.54) is 12.4 Å². The summed E-state index contributed by atoms with van der Waals surface area (Å²) >= 11 is 0. The summed E-state index contributed by atoms with van der Waals surface area (Å²) in [4.78, 5) is 25.9. The molecule has 202 valence electrons. The summed E-state index contributed by atoms with van der Waals surface area (Å²) in [6, 6.07) is 12.3. The van der Waals surface area contributed by atoms with Crippen molar-refractivity contribution in [3.8, 4) is 17.0 Å². The SMILES string of the molecule is C=CC(=O)Nc1cc(Nc2cc(-c3ccc4c(cnn4C)c3)ncn2)c(OCC)cc1N1CCN(C)[C@@H](C)C1. The Bertz CT molecular complexity index is 1510. The van der Waals surface area contributed by atoms with Crippen molar-refractivity contribution in [1.82, 2.24) is 24.6 Å². The Kier molecular flexibility index (Phi) is 7.47. The zero-order chi connectivity index (χ0) is 27.5. The number of carbonyl (C=O) groups excluding carboxylic acids is 1. The van der Waals surface area contributed by atoms with E-state index < -0.39 is 0 Å². The molecular formula is C29H34N8O2. The Morgan fingerprint density at radius 1 is 1.15 bits per heavy atom. The maximum Gasteiger partial charge on any atom is 0.247 e. The second-order valence-corrected chi connectivity index (χ2v) is 9.72. The van der Waals surface area contributed by atoms with E-state index in [0.717, 1.165) is 47.5 Å². The minimum Gasteiger partial charge on any atom is -0.492 e. The predicted octanol–water partition coefficient (Wildman–Crippen LogP) is 4.44. The van der Waals surface area contributed by atoms with E-state index in [2.05, 4.69) is 62.1 Å². The van der Waals surface area contributed by atoms with Crippen molar-refractivity contribution in [2.45, 2.75) is 19.9 Å². The van der Waals surface area contributed by atoms with E-state index in [-0.39, 0.29) is 5.91 Å². The van der Waals surface area contributed by atoms with Crippen molar-refractivity contribution in [3.05, 3.63) is 61.6 Å². The van der Waals surface area contributed by atoms with Gasteiger partial charge in [-0.1, -0.05) is 12.6 Å². The van der Waals surface area contributed by atoms with E-state index in [1.807, 2.05) is 55.2 Å². The number of ether oxygens (including phenoxy) is 1. The number of anilines is 4. The summed E-state index contributed by atoms with van der Waals surface area (Å²) in [5.41, 5.74) is 5.07. The molecule has 5 rings (SSSR count). The highest BCUT2D eigenvalue weighted by atomic mass is 16.5. The lowest BCUT2D eigenvalue weighted by Crippen LogP contribution is -2.50. The highest BCUT2D eigenvalue weighted by Crippen LogP contribution is 2.39. The largest absolute Gasteiger partial charge is 0.492 e. The number of likely N-dealkylation sites (N-methyl/N-ethyl adjacent to an activating group) is 1. The van der Waals surface area contributed by atoms with Crippen LogP contribution in [0, 0.1) is 0 Å². The first kappa shape index (κ1) is 26.2. The maximum atomic E-state index is 12.4. The molecule has 2 aromatic heterocycles. The molecular weight excluding hydrogens is 492 g/mol. The predicted molar refractivity (Wildman–Crippen MR) is 156 cm³/mol. The Morgan fingerprint density at radius 2 is 2.00 bits per heavy atom. The van der Waals surface area contributed by atoms with Gasteiger partial charge < -0.3 is 25.2 Å². The molecule has 10 heteroatoms. The lowest BCUT2D eigenvalue weighted by atomic mass is 10.1. The van der Waals surface area contributed by atoms with Crippen LogP contribution in [0.25, 0.3) is 22.2 Å². The first-order valence-electron chi connectivity index (χ1n) is 13.1. The highest BCUT2D eigenvalue weighted by molar-refractivity contribution is 6.02. The van der Waals surface area contributed by atoms with E-state index >= 15 is 0 Å². The van der Waals surface area contributed by atoms with E-state index in [1.54, 1.807) is 0 Å². The monoisotopic (exact) mass is 526 g/mol. The lowest BCUT2D eigenvalue weighted by Gasteiger charge is -2.40. The highest BCUT2D eigenvalue weighted by Gasteiger charge is 2.25. The minimum absolute atomic E-state index is 0.274. The van der Waals surface area contributed by atoms with Crippen molar-refractivity contribution in [1.29, 1.82) is 0 Å².